The third kappa shape index (κ3) is 41.3. The molecule has 2 unspecified atom stereocenters. The van der Waals surface area contributed by atoms with E-state index in [1.807, 2.05) is 0 Å². The first-order valence-corrected chi connectivity index (χ1v) is 24.0. The lowest BCUT2D eigenvalue weighted by Crippen LogP contribution is -2.40. The molecule has 0 aromatic rings. The molecule has 2 atom stereocenters. The fourth-order valence-electron chi connectivity index (χ4n) is 6.96. The van der Waals surface area contributed by atoms with Gasteiger partial charge in [-0.05, 0) is 103 Å². The summed E-state index contributed by atoms with van der Waals surface area (Å²) in [5, 5.41) is 11.9. The SMILES string of the molecule is CCCCCCC/C=C\C/C=C\C/C=C\CCCCCCCCC(=O)OC(/C=C\CCCCCCCCC)CCCCCCCCC(=O)NC(CCCN)C(=O)O. The summed E-state index contributed by atoms with van der Waals surface area (Å²) in [6.45, 7) is 4.93. The van der Waals surface area contributed by atoms with Crippen LogP contribution in [-0.4, -0.2) is 41.6 Å². The minimum absolute atomic E-state index is 0.0694. The van der Waals surface area contributed by atoms with E-state index in [1.165, 1.54) is 109 Å². The minimum atomic E-state index is -1.00. The number of nitrogens with one attached hydrogen (secondary N) is 1. The Morgan fingerprint density at radius 1 is 0.526 bits per heavy atom. The quantitative estimate of drug-likeness (QED) is 0.0321. The topological polar surface area (TPSA) is 119 Å². The number of esters is 1. The highest BCUT2D eigenvalue weighted by Gasteiger charge is 2.18. The van der Waals surface area contributed by atoms with E-state index in [2.05, 4.69) is 67.8 Å². The van der Waals surface area contributed by atoms with Crippen LogP contribution in [0.5, 0.6) is 0 Å². The van der Waals surface area contributed by atoms with E-state index in [-0.39, 0.29) is 18.0 Å². The van der Waals surface area contributed by atoms with Gasteiger partial charge in [0.25, 0.3) is 0 Å². The Morgan fingerprint density at radius 2 is 0.965 bits per heavy atom. The van der Waals surface area contributed by atoms with Crippen molar-refractivity contribution in [2.24, 2.45) is 5.73 Å². The fraction of sp³-hybridized carbons (Fsp3) is 0.780. The Kier molecular flexibility index (Phi) is 42.4. The van der Waals surface area contributed by atoms with Crippen molar-refractivity contribution in [3.8, 4) is 0 Å². The first-order chi connectivity index (χ1) is 27.9. The van der Waals surface area contributed by atoms with Gasteiger partial charge in [0, 0.05) is 12.8 Å². The molecule has 4 N–H and O–H groups in total. The van der Waals surface area contributed by atoms with Crippen LogP contribution in [0.1, 0.15) is 232 Å². The summed E-state index contributed by atoms with van der Waals surface area (Å²) in [6, 6.07) is -0.855. The first kappa shape index (κ1) is 54.3. The lowest BCUT2D eigenvalue weighted by Gasteiger charge is -2.15. The molecular weight excluding hydrogens is 709 g/mol. The number of carboxylic acids is 1. The van der Waals surface area contributed by atoms with Gasteiger partial charge in [-0.2, -0.15) is 0 Å². The van der Waals surface area contributed by atoms with Crippen LogP contribution in [0.2, 0.25) is 0 Å². The molecular formula is C50H90N2O5. The zero-order chi connectivity index (χ0) is 41.7. The van der Waals surface area contributed by atoms with Gasteiger partial charge in [-0.25, -0.2) is 4.79 Å². The molecule has 7 heteroatoms. The number of amides is 1. The molecule has 0 spiro atoms. The third-order valence-corrected chi connectivity index (χ3v) is 10.6. The van der Waals surface area contributed by atoms with Crippen molar-refractivity contribution in [3.63, 3.8) is 0 Å². The van der Waals surface area contributed by atoms with Crippen LogP contribution in [0.4, 0.5) is 0 Å². The smallest absolute Gasteiger partial charge is 0.326 e. The molecule has 0 aromatic heterocycles. The number of allylic oxidation sites excluding steroid dienone is 7. The van der Waals surface area contributed by atoms with E-state index in [9.17, 15) is 19.5 Å². The van der Waals surface area contributed by atoms with E-state index < -0.39 is 12.0 Å². The highest BCUT2D eigenvalue weighted by molar-refractivity contribution is 5.83. The van der Waals surface area contributed by atoms with Gasteiger partial charge in [-0.3, -0.25) is 9.59 Å². The van der Waals surface area contributed by atoms with Gasteiger partial charge in [0.05, 0.1) is 0 Å². The van der Waals surface area contributed by atoms with E-state index in [4.69, 9.17) is 10.5 Å². The van der Waals surface area contributed by atoms with Crippen LogP contribution >= 0.6 is 0 Å². The summed E-state index contributed by atoms with van der Waals surface area (Å²) in [5.41, 5.74) is 5.48. The third-order valence-electron chi connectivity index (χ3n) is 10.6. The maximum Gasteiger partial charge on any atom is 0.326 e. The van der Waals surface area contributed by atoms with Gasteiger partial charge in [0.15, 0.2) is 0 Å². The van der Waals surface area contributed by atoms with Gasteiger partial charge in [-0.15, -0.1) is 0 Å². The standard InChI is InChI=1S/C50H90N2O5/c1-3-5-7-9-11-13-14-15-16-17-18-19-20-21-22-23-24-26-28-34-38-44-49(54)57-46(40-35-31-27-25-12-10-8-6-4-2)41-36-32-29-30-33-37-43-48(53)52-47(50(55)56)42-39-45-51/h14-15,17-18,20-21,35,40,46-47H,3-13,16,19,22-34,36-39,41-45,51H2,1-2H3,(H,52,53)(H,55,56)/b15-14-,18-17-,21-20-,40-35-. The Bertz CT molecular complexity index is 1040. The van der Waals surface area contributed by atoms with Crippen LogP contribution < -0.4 is 11.1 Å². The summed E-state index contributed by atoms with van der Waals surface area (Å²) < 4.78 is 5.98. The molecule has 0 aliphatic rings. The normalized spacial score (nSPS) is 13.0. The van der Waals surface area contributed by atoms with Crippen molar-refractivity contribution < 1.29 is 24.2 Å². The molecule has 0 saturated heterocycles. The number of carbonyl (C=O) groups is 3. The average molecular weight is 799 g/mol. The highest BCUT2D eigenvalue weighted by Crippen LogP contribution is 2.16. The molecule has 0 rings (SSSR count). The van der Waals surface area contributed by atoms with E-state index in [1.54, 1.807) is 0 Å². The molecule has 0 aromatic carbocycles. The Balaban J connectivity index is 4.23. The summed E-state index contributed by atoms with van der Waals surface area (Å²) in [5.74, 6) is -1.28. The lowest BCUT2D eigenvalue weighted by atomic mass is 10.0. The summed E-state index contributed by atoms with van der Waals surface area (Å²) in [7, 11) is 0. The van der Waals surface area contributed by atoms with Gasteiger partial charge < -0.3 is 20.9 Å². The van der Waals surface area contributed by atoms with Crippen LogP contribution in [0.3, 0.4) is 0 Å². The summed E-state index contributed by atoms with van der Waals surface area (Å²) >= 11 is 0. The molecule has 57 heavy (non-hydrogen) atoms. The summed E-state index contributed by atoms with van der Waals surface area (Å²) in [6.07, 6.45) is 54.7. The summed E-state index contributed by atoms with van der Waals surface area (Å²) in [4.78, 5) is 36.3. The Labute approximate surface area is 351 Å². The number of aliphatic carboxylic acids is 1. The van der Waals surface area contributed by atoms with Gasteiger partial charge >= 0.3 is 11.9 Å². The van der Waals surface area contributed by atoms with Gasteiger partial charge in [0.2, 0.25) is 5.91 Å². The average Bonchev–Trinajstić information content (AvgIpc) is 3.20. The van der Waals surface area contributed by atoms with E-state index >= 15 is 0 Å². The molecule has 0 saturated carbocycles. The maximum absolute atomic E-state index is 12.8. The second-order valence-corrected chi connectivity index (χ2v) is 16.2. The second kappa shape index (κ2) is 44.4. The second-order valence-electron chi connectivity index (χ2n) is 16.2. The lowest BCUT2D eigenvalue weighted by molar-refractivity contribution is -0.147. The largest absolute Gasteiger partial charge is 0.480 e. The fourth-order valence-corrected chi connectivity index (χ4v) is 6.96. The first-order valence-electron chi connectivity index (χ1n) is 24.0. The van der Waals surface area contributed by atoms with Crippen LogP contribution in [0.25, 0.3) is 0 Å². The zero-order valence-electron chi connectivity index (χ0n) is 37.2. The molecule has 0 aliphatic heterocycles. The molecule has 0 bridgehead atoms. The molecule has 1 amide bonds. The van der Waals surface area contributed by atoms with Crippen molar-refractivity contribution in [2.75, 3.05) is 6.54 Å². The predicted octanol–water partition coefficient (Wildman–Crippen LogP) is 14.0. The number of rotatable bonds is 43. The predicted molar refractivity (Wildman–Crippen MR) is 243 cm³/mol. The van der Waals surface area contributed by atoms with Crippen LogP contribution in [0.15, 0.2) is 48.6 Å². The molecule has 7 nitrogen and oxygen atoms in total. The van der Waals surface area contributed by atoms with Crippen molar-refractivity contribution >= 4 is 17.8 Å². The van der Waals surface area contributed by atoms with E-state index in [0.29, 0.717) is 32.2 Å². The number of ether oxygens (including phenoxy) is 1. The zero-order valence-corrected chi connectivity index (χ0v) is 37.2. The van der Waals surface area contributed by atoms with Gasteiger partial charge in [-0.1, -0.05) is 172 Å². The number of nitrogens with two attached hydrogens (primary N) is 1. The monoisotopic (exact) mass is 799 g/mol. The number of unbranched alkanes of at least 4 members (excludes halogenated alkanes) is 23. The van der Waals surface area contributed by atoms with Crippen molar-refractivity contribution in [2.45, 2.75) is 244 Å². The molecule has 0 heterocycles. The number of hydrogen-bond donors (Lipinski definition) is 3. The number of hydrogen-bond acceptors (Lipinski definition) is 5. The highest BCUT2D eigenvalue weighted by atomic mass is 16.5. The molecule has 0 aliphatic carbocycles. The molecule has 0 fully saturated rings. The molecule has 0 radical (unpaired) electrons. The number of carbonyl (C=O) groups excluding carboxylic acids is 2. The van der Waals surface area contributed by atoms with Gasteiger partial charge in [0.1, 0.15) is 12.1 Å². The minimum Gasteiger partial charge on any atom is -0.480 e. The Hall–Kier alpha value is -2.67. The Morgan fingerprint density at radius 3 is 1.47 bits per heavy atom. The van der Waals surface area contributed by atoms with Crippen molar-refractivity contribution in [1.29, 1.82) is 0 Å². The van der Waals surface area contributed by atoms with Crippen LogP contribution in [-0.2, 0) is 19.1 Å². The van der Waals surface area contributed by atoms with E-state index in [0.717, 1.165) is 83.5 Å². The molecule has 330 valence electrons. The maximum atomic E-state index is 12.8. The van der Waals surface area contributed by atoms with Crippen molar-refractivity contribution in [3.05, 3.63) is 48.6 Å². The number of carboxylic acid groups (broad SMARTS) is 1. The van der Waals surface area contributed by atoms with Crippen LogP contribution in [0, 0.1) is 0 Å². The van der Waals surface area contributed by atoms with Crippen molar-refractivity contribution in [1.82, 2.24) is 5.32 Å².